The number of amides is 1. The molecule has 4 heteroatoms. The fourth-order valence-corrected chi connectivity index (χ4v) is 2.55. The minimum absolute atomic E-state index is 0.00802. The van der Waals surface area contributed by atoms with Gasteiger partial charge in [0.25, 0.3) is 0 Å². The highest BCUT2D eigenvalue weighted by Crippen LogP contribution is 2.18. The zero-order valence-electron chi connectivity index (χ0n) is 15.8. The Kier molecular flexibility index (Phi) is 8.43. The topological polar surface area (TPSA) is 61.4 Å². The zero-order valence-corrected chi connectivity index (χ0v) is 15.8. The van der Waals surface area contributed by atoms with Crippen molar-refractivity contribution < 1.29 is 9.90 Å². The second-order valence-corrected chi connectivity index (χ2v) is 8.22. The highest BCUT2D eigenvalue weighted by Gasteiger charge is 2.24. The monoisotopic (exact) mass is 334 g/mol. The van der Waals surface area contributed by atoms with Gasteiger partial charge in [-0.2, -0.15) is 0 Å². The predicted molar refractivity (Wildman–Crippen MR) is 99.9 cm³/mol. The van der Waals surface area contributed by atoms with Crippen LogP contribution < -0.4 is 10.6 Å². The molecule has 136 valence electrons. The summed E-state index contributed by atoms with van der Waals surface area (Å²) in [5.74, 6) is 0.520. The highest BCUT2D eigenvalue weighted by atomic mass is 16.3. The zero-order chi connectivity index (χ0) is 18.2. The van der Waals surface area contributed by atoms with Gasteiger partial charge < -0.3 is 15.7 Å². The molecule has 24 heavy (non-hydrogen) atoms. The molecule has 1 aromatic carbocycles. The number of aliphatic hydroxyl groups excluding tert-OH is 1. The number of aliphatic hydroxyl groups is 1. The van der Waals surface area contributed by atoms with Gasteiger partial charge in [-0.05, 0) is 29.9 Å². The molecular formula is C20H34N2O2. The molecule has 3 N–H and O–H groups in total. The fourth-order valence-electron chi connectivity index (χ4n) is 2.55. The van der Waals surface area contributed by atoms with E-state index >= 15 is 0 Å². The van der Waals surface area contributed by atoms with Gasteiger partial charge in [-0.1, -0.05) is 65.0 Å². The van der Waals surface area contributed by atoms with E-state index in [9.17, 15) is 9.90 Å². The molecule has 4 nitrogen and oxygen atoms in total. The van der Waals surface area contributed by atoms with E-state index in [1.165, 1.54) is 0 Å². The molecule has 0 unspecified atom stereocenters. The van der Waals surface area contributed by atoms with E-state index in [1.807, 2.05) is 51.1 Å². The summed E-state index contributed by atoms with van der Waals surface area (Å²) in [6.07, 6.45) is 0.457. The highest BCUT2D eigenvalue weighted by molar-refractivity contribution is 5.77. The van der Waals surface area contributed by atoms with Crippen molar-refractivity contribution in [3.8, 4) is 0 Å². The van der Waals surface area contributed by atoms with Crippen LogP contribution in [0.5, 0.6) is 0 Å². The number of carbonyl (C=O) groups excluding carboxylic acids is 1. The van der Waals surface area contributed by atoms with Gasteiger partial charge in [-0.3, -0.25) is 4.79 Å². The van der Waals surface area contributed by atoms with Crippen molar-refractivity contribution in [3.05, 3.63) is 35.9 Å². The molecule has 0 saturated carbocycles. The largest absolute Gasteiger partial charge is 0.390 e. The van der Waals surface area contributed by atoms with E-state index in [0.29, 0.717) is 25.3 Å². The normalized spacial score (nSPS) is 14.5. The summed E-state index contributed by atoms with van der Waals surface area (Å²) in [6, 6.07) is 9.69. The minimum Gasteiger partial charge on any atom is -0.390 e. The Morgan fingerprint density at radius 3 is 2.29 bits per heavy atom. The molecule has 0 saturated heterocycles. The lowest BCUT2D eigenvalue weighted by molar-refractivity contribution is -0.124. The Morgan fingerprint density at radius 2 is 1.75 bits per heavy atom. The molecule has 0 radical (unpaired) electrons. The van der Waals surface area contributed by atoms with Gasteiger partial charge in [0, 0.05) is 13.0 Å². The minimum atomic E-state index is -0.618. The van der Waals surface area contributed by atoms with E-state index in [2.05, 4.69) is 24.5 Å². The van der Waals surface area contributed by atoms with E-state index in [-0.39, 0.29) is 17.4 Å². The molecule has 0 fully saturated rings. The van der Waals surface area contributed by atoms with Crippen LogP contribution in [0, 0.1) is 11.3 Å². The lowest BCUT2D eigenvalue weighted by Crippen LogP contribution is -2.49. The van der Waals surface area contributed by atoms with Gasteiger partial charge in [0.1, 0.15) is 0 Å². The molecule has 0 bridgehead atoms. The Labute approximate surface area is 147 Å². The van der Waals surface area contributed by atoms with E-state index < -0.39 is 6.10 Å². The van der Waals surface area contributed by atoms with Crippen LogP contribution in [0.2, 0.25) is 0 Å². The van der Waals surface area contributed by atoms with E-state index in [1.54, 1.807) is 0 Å². The maximum absolute atomic E-state index is 12.3. The van der Waals surface area contributed by atoms with Gasteiger partial charge in [-0.15, -0.1) is 0 Å². The third kappa shape index (κ3) is 9.04. The van der Waals surface area contributed by atoms with Crippen LogP contribution in [0.3, 0.4) is 0 Å². The van der Waals surface area contributed by atoms with Crippen molar-refractivity contribution in [1.82, 2.24) is 10.6 Å². The number of rotatable bonds is 9. The van der Waals surface area contributed by atoms with Crippen LogP contribution in [-0.2, 0) is 11.2 Å². The van der Waals surface area contributed by atoms with Gasteiger partial charge in [-0.25, -0.2) is 0 Å². The number of nitrogens with one attached hydrogen (secondary N) is 2. The summed E-state index contributed by atoms with van der Waals surface area (Å²) in [5.41, 5.74) is 1.05. The molecule has 1 aromatic rings. The molecule has 0 aromatic heterocycles. The van der Waals surface area contributed by atoms with Crippen LogP contribution in [0.1, 0.15) is 46.6 Å². The Hall–Kier alpha value is -1.39. The molecule has 0 aliphatic carbocycles. The maximum Gasteiger partial charge on any atom is 0.220 e. The molecule has 1 rings (SSSR count). The van der Waals surface area contributed by atoms with Gasteiger partial charge in [0.15, 0.2) is 0 Å². The smallest absolute Gasteiger partial charge is 0.220 e. The summed E-state index contributed by atoms with van der Waals surface area (Å²) in [6.45, 7) is 11.7. The SMILES string of the molecule is CC(C)CNC[C@@H](O)[C@H](Cc1ccccc1)NC(=O)CC(C)(C)C. The summed E-state index contributed by atoms with van der Waals surface area (Å²) in [5, 5.41) is 16.9. The van der Waals surface area contributed by atoms with Crippen molar-refractivity contribution in [1.29, 1.82) is 0 Å². The molecule has 1 amide bonds. The van der Waals surface area contributed by atoms with Crippen molar-refractivity contribution in [2.45, 2.75) is 59.6 Å². The van der Waals surface area contributed by atoms with Crippen molar-refractivity contribution >= 4 is 5.91 Å². The summed E-state index contributed by atoms with van der Waals surface area (Å²) in [4.78, 5) is 12.3. The second kappa shape index (κ2) is 9.80. The summed E-state index contributed by atoms with van der Waals surface area (Å²) < 4.78 is 0. The number of hydrogen-bond acceptors (Lipinski definition) is 3. The van der Waals surface area contributed by atoms with Crippen molar-refractivity contribution in [2.75, 3.05) is 13.1 Å². The van der Waals surface area contributed by atoms with Crippen molar-refractivity contribution in [2.24, 2.45) is 11.3 Å². The number of benzene rings is 1. The van der Waals surface area contributed by atoms with Crippen LogP contribution in [0.15, 0.2) is 30.3 Å². The fraction of sp³-hybridized carbons (Fsp3) is 0.650. The molecule has 2 atom stereocenters. The maximum atomic E-state index is 12.3. The lowest BCUT2D eigenvalue weighted by atomic mass is 9.91. The van der Waals surface area contributed by atoms with Gasteiger partial charge in [0.05, 0.1) is 12.1 Å². The van der Waals surface area contributed by atoms with E-state index in [4.69, 9.17) is 0 Å². The summed E-state index contributed by atoms with van der Waals surface area (Å²) in [7, 11) is 0. The third-order valence-electron chi connectivity index (χ3n) is 3.71. The quantitative estimate of drug-likeness (QED) is 0.651. The molecular weight excluding hydrogens is 300 g/mol. The lowest BCUT2D eigenvalue weighted by Gasteiger charge is -2.27. The molecule has 0 heterocycles. The van der Waals surface area contributed by atoms with Crippen LogP contribution in [0.4, 0.5) is 0 Å². The number of hydrogen-bond donors (Lipinski definition) is 3. The van der Waals surface area contributed by atoms with Crippen LogP contribution in [-0.4, -0.2) is 36.2 Å². The summed E-state index contributed by atoms with van der Waals surface area (Å²) >= 11 is 0. The average Bonchev–Trinajstić information content (AvgIpc) is 2.45. The van der Waals surface area contributed by atoms with E-state index in [0.717, 1.165) is 12.1 Å². The van der Waals surface area contributed by atoms with Crippen LogP contribution in [0.25, 0.3) is 0 Å². The van der Waals surface area contributed by atoms with Gasteiger partial charge >= 0.3 is 0 Å². The predicted octanol–water partition coefficient (Wildman–Crippen LogP) is 2.76. The molecule has 0 aliphatic rings. The number of carbonyl (C=O) groups is 1. The Morgan fingerprint density at radius 1 is 1.12 bits per heavy atom. The second-order valence-electron chi connectivity index (χ2n) is 8.22. The average molecular weight is 335 g/mol. The Bertz CT molecular complexity index is 480. The molecule has 0 spiro atoms. The Balaban J connectivity index is 2.69. The standard InChI is InChI=1S/C20H34N2O2/c1-15(2)13-21-14-18(23)17(11-16-9-7-6-8-10-16)22-19(24)12-20(3,4)5/h6-10,15,17-18,21,23H,11-14H2,1-5H3,(H,22,24)/t17-,18+/m0/s1. The first kappa shape index (κ1) is 20.7. The third-order valence-corrected chi connectivity index (χ3v) is 3.71. The molecule has 0 aliphatic heterocycles. The first-order chi connectivity index (χ1) is 11.2. The first-order valence-corrected chi connectivity index (χ1v) is 8.89. The van der Waals surface area contributed by atoms with Gasteiger partial charge in [0.2, 0.25) is 5.91 Å². The van der Waals surface area contributed by atoms with Crippen LogP contribution >= 0.6 is 0 Å². The first-order valence-electron chi connectivity index (χ1n) is 8.89. The van der Waals surface area contributed by atoms with Crippen molar-refractivity contribution in [3.63, 3.8) is 0 Å².